The van der Waals surface area contributed by atoms with Crippen LogP contribution >= 0.6 is 0 Å². The monoisotopic (exact) mass is 289 g/mol. The normalized spacial score (nSPS) is 28.3. The Balaban J connectivity index is 1.53. The quantitative estimate of drug-likeness (QED) is 0.876. The van der Waals surface area contributed by atoms with E-state index in [0.29, 0.717) is 0 Å². The summed E-state index contributed by atoms with van der Waals surface area (Å²) in [6.45, 7) is 0.258. The zero-order valence-corrected chi connectivity index (χ0v) is 12.3. The fourth-order valence-electron chi connectivity index (χ4n) is 4.03. The molecule has 1 aromatic carbocycles. The van der Waals surface area contributed by atoms with Crippen LogP contribution < -0.4 is 5.32 Å². The average Bonchev–Trinajstić information content (AvgIpc) is 3.13. The second-order valence-electron chi connectivity index (χ2n) is 6.45. The van der Waals surface area contributed by atoms with Crippen LogP contribution in [0.2, 0.25) is 0 Å². The molecule has 0 heterocycles. The molecule has 1 aromatic rings. The number of amides is 1. The molecular weight excluding hydrogens is 266 g/mol. The molecule has 2 fully saturated rings. The number of benzene rings is 1. The molecule has 1 atom stereocenters. The van der Waals surface area contributed by atoms with E-state index < -0.39 is 6.09 Å². The largest absolute Gasteiger partial charge is 0.445 e. The molecule has 3 rings (SSSR count). The lowest BCUT2D eigenvalue weighted by atomic mass is 9.77. The van der Waals surface area contributed by atoms with Gasteiger partial charge in [0.2, 0.25) is 0 Å². The molecule has 2 bridgehead atoms. The predicted molar refractivity (Wildman–Crippen MR) is 79.6 cm³/mol. The van der Waals surface area contributed by atoms with Gasteiger partial charge in [-0.1, -0.05) is 30.3 Å². The van der Waals surface area contributed by atoms with Gasteiger partial charge in [0, 0.05) is 0 Å². The van der Waals surface area contributed by atoms with Crippen LogP contribution in [0.5, 0.6) is 0 Å². The highest BCUT2D eigenvalue weighted by molar-refractivity contribution is 5.67. The Bertz CT molecular complexity index is 480. The maximum Gasteiger partial charge on any atom is 0.407 e. The van der Waals surface area contributed by atoms with Crippen molar-refractivity contribution in [1.29, 1.82) is 0 Å². The van der Waals surface area contributed by atoms with Crippen LogP contribution in [0.1, 0.15) is 37.7 Å². The van der Waals surface area contributed by atoms with E-state index >= 15 is 0 Å². The van der Waals surface area contributed by atoms with Gasteiger partial charge in [-0.25, -0.2) is 4.79 Å². The summed E-state index contributed by atoms with van der Waals surface area (Å²) in [7, 11) is 0. The number of aliphatic hydroxyl groups is 1. The third-order valence-corrected chi connectivity index (χ3v) is 5.22. The SMILES string of the molecule is O=C(NC(CO)C12CCC(CC1)C2)OCc1ccccc1. The molecule has 4 nitrogen and oxygen atoms in total. The Hall–Kier alpha value is -1.55. The third-order valence-electron chi connectivity index (χ3n) is 5.22. The predicted octanol–water partition coefficient (Wildman–Crippen LogP) is 2.85. The van der Waals surface area contributed by atoms with Gasteiger partial charge in [-0.05, 0) is 49.0 Å². The van der Waals surface area contributed by atoms with Crippen LogP contribution in [0, 0.1) is 11.3 Å². The Labute approximate surface area is 125 Å². The minimum Gasteiger partial charge on any atom is -0.445 e. The van der Waals surface area contributed by atoms with Gasteiger partial charge < -0.3 is 15.2 Å². The summed E-state index contributed by atoms with van der Waals surface area (Å²) >= 11 is 0. The fourth-order valence-corrected chi connectivity index (χ4v) is 4.03. The molecule has 0 radical (unpaired) electrons. The number of rotatable bonds is 5. The molecule has 2 saturated carbocycles. The lowest BCUT2D eigenvalue weighted by molar-refractivity contribution is 0.0937. The first-order chi connectivity index (χ1) is 10.2. The molecule has 0 saturated heterocycles. The van der Waals surface area contributed by atoms with E-state index in [1.807, 2.05) is 30.3 Å². The molecule has 2 aliphatic carbocycles. The van der Waals surface area contributed by atoms with Gasteiger partial charge in [0.15, 0.2) is 0 Å². The Morgan fingerprint density at radius 3 is 2.62 bits per heavy atom. The first-order valence-electron chi connectivity index (χ1n) is 7.80. The van der Waals surface area contributed by atoms with Crippen molar-refractivity contribution < 1.29 is 14.6 Å². The van der Waals surface area contributed by atoms with Crippen LogP contribution in [0.3, 0.4) is 0 Å². The van der Waals surface area contributed by atoms with Crippen molar-refractivity contribution in [2.75, 3.05) is 6.61 Å². The van der Waals surface area contributed by atoms with Gasteiger partial charge in [0.1, 0.15) is 6.61 Å². The zero-order valence-electron chi connectivity index (χ0n) is 12.3. The standard InChI is InChI=1S/C17H23NO3/c19-11-15(17-8-6-13(10-17)7-9-17)18-16(20)21-12-14-4-2-1-3-5-14/h1-5,13,15,19H,6-12H2,(H,18,20). The number of fused-ring (bicyclic) bond motifs is 2. The minimum absolute atomic E-state index is 0.00679. The molecule has 114 valence electrons. The molecule has 4 heteroatoms. The summed E-state index contributed by atoms with van der Waals surface area (Å²) in [5, 5.41) is 12.6. The Kier molecular flexibility index (Phi) is 4.15. The average molecular weight is 289 g/mol. The highest BCUT2D eigenvalue weighted by Crippen LogP contribution is 2.55. The Morgan fingerprint density at radius 2 is 2.05 bits per heavy atom. The van der Waals surface area contributed by atoms with Gasteiger partial charge >= 0.3 is 6.09 Å². The maximum absolute atomic E-state index is 12.0. The molecule has 0 spiro atoms. The number of hydrogen-bond acceptors (Lipinski definition) is 3. The first kappa shape index (κ1) is 14.4. The number of ether oxygens (including phenoxy) is 1. The molecule has 2 N–H and O–H groups in total. The van der Waals surface area contributed by atoms with Crippen molar-refractivity contribution >= 4 is 6.09 Å². The van der Waals surface area contributed by atoms with Crippen LogP contribution in [0.15, 0.2) is 30.3 Å². The van der Waals surface area contributed by atoms with E-state index in [4.69, 9.17) is 4.74 Å². The molecule has 1 unspecified atom stereocenters. The second-order valence-corrected chi connectivity index (χ2v) is 6.45. The van der Waals surface area contributed by atoms with Crippen LogP contribution in [0.25, 0.3) is 0 Å². The van der Waals surface area contributed by atoms with E-state index in [-0.39, 0.29) is 24.7 Å². The van der Waals surface area contributed by atoms with Gasteiger partial charge in [-0.2, -0.15) is 0 Å². The third kappa shape index (κ3) is 3.05. The van der Waals surface area contributed by atoms with Crippen LogP contribution in [-0.2, 0) is 11.3 Å². The number of carbonyl (C=O) groups is 1. The van der Waals surface area contributed by atoms with Gasteiger partial charge in [0.05, 0.1) is 12.6 Å². The number of alkyl carbamates (subject to hydrolysis) is 1. The summed E-state index contributed by atoms with van der Waals surface area (Å²) in [5.41, 5.74) is 1.07. The second kappa shape index (κ2) is 6.06. The first-order valence-corrected chi connectivity index (χ1v) is 7.80. The van der Waals surface area contributed by atoms with Crippen molar-refractivity contribution in [2.45, 2.75) is 44.8 Å². The smallest absolute Gasteiger partial charge is 0.407 e. The summed E-state index contributed by atoms with van der Waals surface area (Å²) in [6.07, 6.45) is 5.40. The minimum atomic E-state index is -0.428. The number of hydrogen-bond donors (Lipinski definition) is 2. The van der Waals surface area contributed by atoms with Gasteiger partial charge in [0.25, 0.3) is 0 Å². The fraction of sp³-hybridized carbons (Fsp3) is 0.588. The van der Waals surface area contributed by atoms with Crippen molar-refractivity contribution in [2.24, 2.45) is 11.3 Å². The summed E-state index contributed by atoms with van der Waals surface area (Å²) < 4.78 is 5.26. The summed E-state index contributed by atoms with van der Waals surface area (Å²) in [5.74, 6) is 0.793. The van der Waals surface area contributed by atoms with Crippen molar-refractivity contribution in [3.05, 3.63) is 35.9 Å². The zero-order chi connectivity index (χ0) is 14.7. The van der Waals surface area contributed by atoms with E-state index in [1.54, 1.807) is 0 Å². The number of carbonyl (C=O) groups excluding carboxylic acids is 1. The van der Waals surface area contributed by atoms with Crippen molar-refractivity contribution in [3.63, 3.8) is 0 Å². The van der Waals surface area contributed by atoms with Crippen molar-refractivity contribution in [1.82, 2.24) is 5.32 Å². The van der Waals surface area contributed by atoms with E-state index in [1.165, 1.54) is 12.8 Å². The number of nitrogens with one attached hydrogen (secondary N) is 1. The highest BCUT2D eigenvalue weighted by Gasteiger charge is 2.50. The van der Waals surface area contributed by atoms with Crippen LogP contribution in [0.4, 0.5) is 4.79 Å². The molecule has 0 aliphatic heterocycles. The summed E-state index contributed by atoms with van der Waals surface area (Å²) in [4.78, 5) is 12.0. The lowest BCUT2D eigenvalue weighted by Gasteiger charge is -2.35. The molecular formula is C17H23NO3. The topological polar surface area (TPSA) is 58.6 Å². The Morgan fingerprint density at radius 1 is 1.33 bits per heavy atom. The maximum atomic E-state index is 12.0. The molecule has 2 aliphatic rings. The molecule has 0 aromatic heterocycles. The highest BCUT2D eigenvalue weighted by atomic mass is 16.5. The van der Waals surface area contributed by atoms with E-state index in [9.17, 15) is 9.90 Å². The lowest BCUT2D eigenvalue weighted by Crippen LogP contribution is -2.48. The van der Waals surface area contributed by atoms with E-state index in [2.05, 4.69) is 5.32 Å². The number of aliphatic hydroxyl groups excluding tert-OH is 1. The van der Waals surface area contributed by atoms with Crippen LogP contribution in [-0.4, -0.2) is 23.8 Å². The summed E-state index contributed by atoms with van der Waals surface area (Å²) in [6, 6.07) is 9.45. The molecule has 21 heavy (non-hydrogen) atoms. The van der Waals surface area contributed by atoms with Gasteiger partial charge in [-0.15, -0.1) is 0 Å². The van der Waals surface area contributed by atoms with Crippen molar-refractivity contribution in [3.8, 4) is 0 Å². The van der Waals surface area contributed by atoms with E-state index in [0.717, 1.165) is 30.7 Å². The molecule has 1 amide bonds. The van der Waals surface area contributed by atoms with Gasteiger partial charge in [-0.3, -0.25) is 0 Å².